The van der Waals surface area contributed by atoms with Crippen LogP contribution in [0.15, 0.2) is 40.4 Å². The summed E-state index contributed by atoms with van der Waals surface area (Å²) in [5.74, 6) is -0.355. The van der Waals surface area contributed by atoms with Gasteiger partial charge >= 0.3 is 35.0 Å². The van der Waals surface area contributed by atoms with Crippen molar-refractivity contribution in [2.24, 2.45) is 35.5 Å². The van der Waals surface area contributed by atoms with Crippen LogP contribution in [0.4, 0.5) is 0 Å². The summed E-state index contributed by atoms with van der Waals surface area (Å²) in [5.41, 5.74) is 11.3. The standard InChI is InChI=1S/C50H68N4O5.Mg/c1-12-34-30(7)37-24-39-32(9)36(20-21-43(55)59-23-22-29(6)19-15-18-28(5)17-14-16-27(3)4)47(53-39)45-46(50(57)58-11)49(56)44-33(10)40(54-48(44)45)26-42-35(13-2)31(8)38(52-42)25-41(34)51-37;/h22,24-28,32,34,36,46-47,49,56H,12-21,23H2,1-11H3;/q-4;+2/b29-22+,39-24-,40-26-,41-25-;/t28-,32-,34+,36-,46+,47?,49-;/m0./s1. The first-order valence-corrected chi connectivity index (χ1v) is 22.4. The van der Waals surface area contributed by atoms with Crippen molar-refractivity contribution < 1.29 is 24.2 Å². The normalized spacial score (nSPS) is 26.1. The molecule has 6 rings (SSSR count). The molecule has 9 nitrogen and oxygen atoms in total. The fourth-order valence-corrected chi connectivity index (χ4v) is 9.96. The van der Waals surface area contributed by atoms with Gasteiger partial charge < -0.3 is 35.2 Å². The number of allylic oxidation sites excluding steroid dienone is 4. The van der Waals surface area contributed by atoms with E-state index >= 15 is 0 Å². The van der Waals surface area contributed by atoms with E-state index in [0.717, 1.165) is 82.7 Å². The summed E-state index contributed by atoms with van der Waals surface area (Å²) in [6.45, 7) is 22.0. The molecule has 2 aromatic rings. The summed E-state index contributed by atoms with van der Waals surface area (Å²) in [7, 11) is 1.35. The van der Waals surface area contributed by atoms with Gasteiger partial charge in [0.2, 0.25) is 0 Å². The molecule has 1 unspecified atom stereocenters. The largest absolute Gasteiger partial charge is 2.00 e. The summed E-state index contributed by atoms with van der Waals surface area (Å²) in [4.78, 5) is 37.3. The summed E-state index contributed by atoms with van der Waals surface area (Å²) < 4.78 is 11.1. The molecule has 3 aliphatic heterocycles. The molecule has 1 aliphatic carbocycles. The van der Waals surface area contributed by atoms with Gasteiger partial charge in [0.05, 0.1) is 13.2 Å². The molecule has 4 aliphatic rings. The van der Waals surface area contributed by atoms with Crippen LogP contribution in [-0.2, 0) is 25.5 Å². The number of carbonyl (C=O) groups excluding carboxylic acids is 2. The SMILES string of the molecule is CCc1c2[n-]c(c1C)/C=C1\[N-]C(=C(C)[C@H]1CC)/C=C1\[N-]C(C3=c4[n-]/c(c(C)c4[C@H](O)[C@@H]3C(=O)OC)=C\2)[C@@H](CCC(=O)OC/C=C(\C)CCC[C@@H](C)CCCC(C)C)[C@@H]1C.[Mg+2]. The molecule has 60 heavy (non-hydrogen) atoms. The number of ether oxygens (including phenoxy) is 2. The minimum atomic E-state index is -1.14. The van der Waals surface area contributed by atoms with E-state index in [2.05, 4.69) is 74.5 Å². The van der Waals surface area contributed by atoms with Gasteiger partial charge in [-0.05, 0) is 101 Å². The molecule has 7 atom stereocenters. The summed E-state index contributed by atoms with van der Waals surface area (Å²) in [6, 6.07) is -0.523. The van der Waals surface area contributed by atoms with E-state index in [4.69, 9.17) is 30.1 Å². The maximum Gasteiger partial charge on any atom is 2.00 e. The molecule has 2 aromatic heterocycles. The van der Waals surface area contributed by atoms with Gasteiger partial charge in [-0.3, -0.25) is 9.59 Å². The third-order valence-corrected chi connectivity index (χ3v) is 13.7. The van der Waals surface area contributed by atoms with Gasteiger partial charge in [0, 0.05) is 6.42 Å². The molecule has 8 bridgehead atoms. The Morgan fingerprint density at radius 2 is 1.67 bits per heavy atom. The Kier molecular flexibility index (Phi) is 16.3. The van der Waals surface area contributed by atoms with Crippen LogP contribution >= 0.6 is 0 Å². The monoisotopic (exact) mass is 829 g/mol. The fraction of sp³-hybridized carbons (Fsp3) is 0.600. The number of carbonyl (C=O) groups is 2. The van der Waals surface area contributed by atoms with Crippen molar-refractivity contribution in [3.05, 3.63) is 95.4 Å². The van der Waals surface area contributed by atoms with E-state index in [1.165, 1.54) is 43.9 Å². The van der Waals surface area contributed by atoms with Crippen molar-refractivity contribution in [2.45, 2.75) is 146 Å². The molecular weight excluding hydrogens is 761 g/mol. The molecule has 1 fully saturated rings. The van der Waals surface area contributed by atoms with Gasteiger partial charge in [-0.25, -0.2) is 0 Å². The third kappa shape index (κ3) is 9.91. The zero-order chi connectivity index (χ0) is 42.7. The number of hydrogen-bond donors (Lipinski definition) is 1. The second kappa shape index (κ2) is 20.6. The van der Waals surface area contributed by atoms with Gasteiger partial charge in [0.15, 0.2) is 0 Å². The van der Waals surface area contributed by atoms with Crippen LogP contribution in [0.2, 0.25) is 0 Å². The average molecular weight is 829 g/mol. The molecule has 1 N–H and O–H groups in total. The fourth-order valence-electron chi connectivity index (χ4n) is 9.96. The number of rotatable bonds is 16. The Bertz CT molecular complexity index is 2150. The maximum absolute atomic E-state index is 13.6. The number of aliphatic hydroxyl groups is 1. The molecule has 1 saturated heterocycles. The van der Waals surface area contributed by atoms with Crippen LogP contribution < -0.4 is 20.7 Å². The number of fused-ring (bicyclic) bond motifs is 8. The van der Waals surface area contributed by atoms with Crippen molar-refractivity contribution in [3.63, 3.8) is 0 Å². The van der Waals surface area contributed by atoms with E-state index in [-0.39, 0.29) is 59.8 Å². The molecule has 0 spiro atoms. The molecule has 10 heteroatoms. The number of aromatic nitrogens is 2. The predicted octanol–water partition coefficient (Wildman–Crippen LogP) is 9.05. The summed E-state index contributed by atoms with van der Waals surface area (Å²) >= 11 is 0. The zero-order valence-corrected chi connectivity index (χ0v) is 39.7. The van der Waals surface area contributed by atoms with Crippen molar-refractivity contribution in [2.75, 3.05) is 13.7 Å². The van der Waals surface area contributed by atoms with Crippen LogP contribution in [0.5, 0.6) is 0 Å². The Morgan fingerprint density at radius 1 is 0.933 bits per heavy atom. The van der Waals surface area contributed by atoms with Crippen molar-refractivity contribution >= 4 is 52.7 Å². The molecule has 0 radical (unpaired) electrons. The summed E-state index contributed by atoms with van der Waals surface area (Å²) in [6.07, 6.45) is 16.8. The first kappa shape index (κ1) is 47.6. The maximum atomic E-state index is 13.6. The second-order valence-electron chi connectivity index (χ2n) is 18.2. The quantitative estimate of drug-likeness (QED) is 0.102. The molecule has 322 valence electrons. The van der Waals surface area contributed by atoms with Crippen molar-refractivity contribution in [3.8, 4) is 0 Å². The second-order valence-corrected chi connectivity index (χ2v) is 18.2. The van der Waals surface area contributed by atoms with E-state index in [9.17, 15) is 14.7 Å². The van der Waals surface area contributed by atoms with Crippen LogP contribution in [0.1, 0.15) is 153 Å². The van der Waals surface area contributed by atoms with Gasteiger partial charge in [0.25, 0.3) is 0 Å². The van der Waals surface area contributed by atoms with Crippen LogP contribution in [0.25, 0.3) is 28.4 Å². The van der Waals surface area contributed by atoms with E-state index in [1.807, 2.05) is 19.1 Å². The van der Waals surface area contributed by atoms with E-state index < -0.39 is 24.0 Å². The Labute approximate surface area is 375 Å². The minimum Gasteiger partial charge on any atom is -0.681 e. The first-order chi connectivity index (χ1) is 28.2. The zero-order valence-electron chi connectivity index (χ0n) is 38.3. The first-order valence-electron chi connectivity index (χ1n) is 22.4. The minimum absolute atomic E-state index is 0. The topological polar surface area (TPSA) is 129 Å². The number of nitrogens with zero attached hydrogens (tertiary/aromatic N) is 4. The van der Waals surface area contributed by atoms with Crippen LogP contribution in [0, 0.1) is 49.4 Å². The van der Waals surface area contributed by atoms with E-state index in [0.29, 0.717) is 28.3 Å². The molecular formula is C50H68MgN4O5-2. The van der Waals surface area contributed by atoms with Crippen LogP contribution in [0.3, 0.4) is 0 Å². The van der Waals surface area contributed by atoms with Crippen LogP contribution in [-0.4, -0.2) is 59.9 Å². The number of methoxy groups -OCH3 is 1. The van der Waals surface area contributed by atoms with Crippen molar-refractivity contribution in [1.82, 2.24) is 9.97 Å². The molecule has 0 aromatic carbocycles. The average Bonchev–Trinajstić information content (AvgIpc) is 3.94. The Hall–Kier alpha value is -3.47. The van der Waals surface area contributed by atoms with Gasteiger partial charge in [-0.1, -0.05) is 125 Å². The Morgan fingerprint density at radius 3 is 2.35 bits per heavy atom. The number of esters is 2. The van der Waals surface area contributed by atoms with Gasteiger partial charge in [0.1, 0.15) is 12.5 Å². The predicted molar refractivity (Wildman–Crippen MR) is 242 cm³/mol. The molecule has 5 heterocycles. The number of aliphatic hydroxyl groups excluding tert-OH is 1. The summed E-state index contributed by atoms with van der Waals surface area (Å²) in [5, 5.41) is 23.9. The molecule has 0 amide bonds. The van der Waals surface area contributed by atoms with E-state index in [1.54, 1.807) is 0 Å². The van der Waals surface area contributed by atoms with Gasteiger partial charge in [-0.2, -0.15) is 11.4 Å². The van der Waals surface area contributed by atoms with Crippen molar-refractivity contribution in [1.29, 1.82) is 0 Å². The Balaban J connectivity index is 0.00000683. The number of hydrogen-bond acceptors (Lipinski definition) is 5. The smallest absolute Gasteiger partial charge is 0.681 e. The molecule has 0 saturated carbocycles. The third-order valence-electron chi connectivity index (χ3n) is 13.7. The van der Waals surface area contributed by atoms with Gasteiger partial charge in [-0.15, -0.1) is 27.8 Å².